The van der Waals surface area contributed by atoms with Crippen LogP contribution in [0.3, 0.4) is 0 Å². The molecule has 0 radical (unpaired) electrons. The first-order valence-electron chi connectivity index (χ1n) is 6.67. The Hall–Kier alpha value is -0.920. The van der Waals surface area contributed by atoms with Crippen LogP contribution in [0.25, 0.3) is 0 Å². The number of thioether (sulfide) groups is 1. The first kappa shape index (κ1) is 15.5. The number of fused-ring (bicyclic) bond motifs is 1. The fourth-order valence-corrected chi connectivity index (χ4v) is 3.40. The summed E-state index contributed by atoms with van der Waals surface area (Å²) >= 11 is -0.151. The fraction of sp³-hybridized carbons (Fsp3) is 0.833. The maximum Gasteiger partial charge on any atom is 0.441 e. The summed E-state index contributed by atoms with van der Waals surface area (Å²) in [5.41, 5.74) is -4.30. The van der Waals surface area contributed by atoms with E-state index in [1.807, 2.05) is 0 Å². The molecule has 2 aliphatic rings. The van der Waals surface area contributed by atoms with Crippen LogP contribution < -0.4 is 0 Å². The van der Waals surface area contributed by atoms with Crippen LogP contribution >= 0.6 is 11.8 Å². The minimum Gasteiger partial charge on any atom is -0.329 e. The third kappa shape index (κ3) is 3.05. The molecule has 2 atom stereocenters. The van der Waals surface area contributed by atoms with Crippen LogP contribution in [0.1, 0.15) is 26.2 Å². The normalized spacial score (nSPS) is 27.2. The Labute approximate surface area is 119 Å². The molecule has 2 saturated heterocycles. The molecule has 0 N–H and O–H groups in total. The lowest BCUT2D eigenvalue weighted by Gasteiger charge is -2.42. The standard InChI is InChI=1S/C12H17F3N2O2S/c1-2-8-10(18)16-5-3-4-9(16)11(19)17(8)6-7-20-12(13,14)15/h8-9H,2-7H2,1H3. The first-order chi connectivity index (χ1) is 9.35. The van der Waals surface area contributed by atoms with E-state index in [-0.39, 0.29) is 35.9 Å². The predicted octanol–water partition coefficient (Wildman–Crippen LogP) is 1.85. The van der Waals surface area contributed by atoms with E-state index < -0.39 is 17.6 Å². The van der Waals surface area contributed by atoms with Gasteiger partial charge in [-0.25, -0.2) is 0 Å². The summed E-state index contributed by atoms with van der Waals surface area (Å²) in [6, 6.07) is -1.06. The molecule has 0 aromatic rings. The molecule has 0 spiro atoms. The molecule has 2 heterocycles. The number of alkyl halides is 3. The Morgan fingerprint density at radius 1 is 1.30 bits per heavy atom. The van der Waals surface area contributed by atoms with E-state index in [4.69, 9.17) is 0 Å². The van der Waals surface area contributed by atoms with E-state index in [0.29, 0.717) is 19.4 Å². The topological polar surface area (TPSA) is 40.6 Å². The third-order valence-corrected chi connectivity index (χ3v) is 4.46. The lowest BCUT2D eigenvalue weighted by Crippen LogP contribution is -2.62. The molecule has 8 heteroatoms. The molecule has 2 fully saturated rings. The largest absolute Gasteiger partial charge is 0.441 e. The van der Waals surface area contributed by atoms with Gasteiger partial charge in [-0.1, -0.05) is 6.92 Å². The number of halogens is 3. The van der Waals surface area contributed by atoms with Gasteiger partial charge in [-0.3, -0.25) is 9.59 Å². The summed E-state index contributed by atoms with van der Waals surface area (Å²) in [5, 5.41) is 0. The van der Waals surface area contributed by atoms with Gasteiger partial charge in [0, 0.05) is 18.8 Å². The summed E-state index contributed by atoms with van der Waals surface area (Å²) in [7, 11) is 0. The van der Waals surface area contributed by atoms with Gasteiger partial charge < -0.3 is 9.80 Å². The molecule has 2 amide bonds. The van der Waals surface area contributed by atoms with Gasteiger partial charge in [-0.2, -0.15) is 13.2 Å². The number of rotatable bonds is 4. The quantitative estimate of drug-likeness (QED) is 0.796. The van der Waals surface area contributed by atoms with Crippen LogP contribution in [0.2, 0.25) is 0 Å². The zero-order valence-corrected chi connectivity index (χ0v) is 12.0. The number of nitrogens with zero attached hydrogens (tertiary/aromatic N) is 2. The second kappa shape index (κ2) is 5.83. The highest BCUT2D eigenvalue weighted by Gasteiger charge is 2.46. The van der Waals surface area contributed by atoms with Crippen LogP contribution in [0.5, 0.6) is 0 Å². The van der Waals surface area contributed by atoms with E-state index in [1.54, 1.807) is 11.8 Å². The molecule has 2 unspecified atom stereocenters. The Morgan fingerprint density at radius 2 is 2.00 bits per heavy atom. The van der Waals surface area contributed by atoms with Crippen molar-refractivity contribution in [2.24, 2.45) is 0 Å². The number of piperazine rings is 1. The van der Waals surface area contributed by atoms with Gasteiger partial charge in [-0.15, -0.1) is 0 Å². The van der Waals surface area contributed by atoms with Crippen LogP contribution in [0.15, 0.2) is 0 Å². The van der Waals surface area contributed by atoms with Crippen molar-refractivity contribution in [3.8, 4) is 0 Å². The molecule has 4 nitrogen and oxygen atoms in total. The summed E-state index contributed by atoms with van der Waals surface area (Å²) < 4.78 is 36.5. The molecular weight excluding hydrogens is 293 g/mol. The zero-order chi connectivity index (χ0) is 14.9. The third-order valence-electron chi connectivity index (χ3n) is 3.75. The van der Waals surface area contributed by atoms with Gasteiger partial charge in [0.2, 0.25) is 11.8 Å². The lowest BCUT2D eigenvalue weighted by atomic mass is 10.0. The van der Waals surface area contributed by atoms with E-state index in [1.165, 1.54) is 4.90 Å². The van der Waals surface area contributed by atoms with Gasteiger partial charge in [0.25, 0.3) is 0 Å². The minimum absolute atomic E-state index is 0.0302. The second-order valence-corrected chi connectivity index (χ2v) is 6.10. The monoisotopic (exact) mass is 310 g/mol. The zero-order valence-electron chi connectivity index (χ0n) is 11.2. The van der Waals surface area contributed by atoms with Crippen molar-refractivity contribution in [1.82, 2.24) is 9.80 Å². The SMILES string of the molecule is CCC1C(=O)N2CCCC2C(=O)N1CCSC(F)(F)F. The van der Waals surface area contributed by atoms with E-state index >= 15 is 0 Å². The molecule has 0 aromatic carbocycles. The predicted molar refractivity (Wildman–Crippen MR) is 69.0 cm³/mol. The number of carbonyl (C=O) groups is 2. The van der Waals surface area contributed by atoms with Crippen molar-refractivity contribution in [2.45, 2.75) is 43.8 Å². The maximum atomic E-state index is 12.3. The Bertz CT molecular complexity index is 403. The number of hydrogen-bond donors (Lipinski definition) is 0. The molecule has 0 aromatic heterocycles. The van der Waals surface area contributed by atoms with Crippen molar-refractivity contribution in [2.75, 3.05) is 18.8 Å². The Kier molecular flexibility index (Phi) is 4.51. The summed E-state index contributed by atoms with van der Waals surface area (Å²) in [6.07, 6.45) is 1.83. The highest BCUT2D eigenvalue weighted by Crippen LogP contribution is 2.32. The van der Waals surface area contributed by atoms with Crippen LogP contribution in [-0.2, 0) is 9.59 Å². The highest BCUT2D eigenvalue weighted by molar-refractivity contribution is 8.00. The van der Waals surface area contributed by atoms with Gasteiger partial charge in [0.1, 0.15) is 12.1 Å². The molecule has 2 aliphatic heterocycles. The first-order valence-corrected chi connectivity index (χ1v) is 7.65. The fourth-order valence-electron chi connectivity index (χ4n) is 2.88. The van der Waals surface area contributed by atoms with Crippen LogP contribution in [0.4, 0.5) is 13.2 Å². The van der Waals surface area contributed by atoms with E-state index in [2.05, 4.69) is 0 Å². The minimum atomic E-state index is -4.30. The summed E-state index contributed by atoms with van der Waals surface area (Å²) in [5.74, 6) is -0.547. The molecule has 0 bridgehead atoms. The van der Waals surface area contributed by atoms with Gasteiger partial charge in [0.05, 0.1) is 0 Å². The van der Waals surface area contributed by atoms with E-state index in [0.717, 1.165) is 6.42 Å². The van der Waals surface area contributed by atoms with Crippen molar-refractivity contribution in [1.29, 1.82) is 0 Å². The maximum absolute atomic E-state index is 12.3. The van der Waals surface area contributed by atoms with Crippen molar-refractivity contribution in [3.05, 3.63) is 0 Å². The average Bonchev–Trinajstić information content (AvgIpc) is 2.83. The second-order valence-electron chi connectivity index (χ2n) is 4.94. The molecular formula is C12H17F3N2O2S. The molecule has 20 heavy (non-hydrogen) atoms. The Morgan fingerprint density at radius 3 is 2.60 bits per heavy atom. The van der Waals surface area contributed by atoms with Crippen LogP contribution in [-0.4, -0.2) is 58.0 Å². The average molecular weight is 310 g/mol. The molecule has 0 saturated carbocycles. The number of amides is 2. The smallest absolute Gasteiger partial charge is 0.329 e. The molecule has 2 rings (SSSR count). The molecule has 0 aliphatic carbocycles. The van der Waals surface area contributed by atoms with Crippen molar-refractivity contribution >= 4 is 23.6 Å². The van der Waals surface area contributed by atoms with E-state index in [9.17, 15) is 22.8 Å². The van der Waals surface area contributed by atoms with Crippen LogP contribution in [0, 0.1) is 0 Å². The van der Waals surface area contributed by atoms with Crippen molar-refractivity contribution < 1.29 is 22.8 Å². The Balaban J connectivity index is 2.05. The van der Waals surface area contributed by atoms with Crippen molar-refractivity contribution in [3.63, 3.8) is 0 Å². The highest BCUT2D eigenvalue weighted by atomic mass is 32.2. The van der Waals surface area contributed by atoms with Gasteiger partial charge in [-0.05, 0) is 31.0 Å². The van der Waals surface area contributed by atoms with Gasteiger partial charge in [0.15, 0.2) is 0 Å². The summed E-state index contributed by atoms with van der Waals surface area (Å²) in [4.78, 5) is 27.5. The number of hydrogen-bond acceptors (Lipinski definition) is 3. The number of carbonyl (C=O) groups excluding carboxylic acids is 2. The van der Waals surface area contributed by atoms with Gasteiger partial charge >= 0.3 is 5.51 Å². The summed E-state index contributed by atoms with van der Waals surface area (Å²) in [6.45, 7) is 2.32. The molecule has 114 valence electrons. The lowest BCUT2D eigenvalue weighted by molar-refractivity contribution is -0.159.